The van der Waals surface area contributed by atoms with Crippen LogP contribution in [0, 0.1) is 0 Å². The van der Waals surface area contributed by atoms with Crippen molar-refractivity contribution in [3.8, 4) is 17.1 Å². The molecule has 4 aromatic rings. The molecule has 0 atom stereocenters. The van der Waals surface area contributed by atoms with E-state index in [9.17, 15) is 4.79 Å². The van der Waals surface area contributed by atoms with E-state index in [0.29, 0.717) is 39.0 Å². The van der Waals surface area contributed by atoms with Crippen molar-refractivity contribution in [2.24, 2.45) is 0 Å². The highest BCUT2D eigenvalue weighted by atomic mass is 35.5. The van der Waals surface area contributed by atoms with E-state index >= 15 is 0 Å². The molecular weight excluding hydrogens is 471 g/mol. The number of nitrogens with zero attached hydrogens (tertiary/aromatic N) is 3. The molecule has 1 amide bonds. The minimum absolute atomic E-state index is 0.134. The second-order valence-corrected chi connectivity index (χ2v) is 8.45. The molecule has 7 nitrogen and oxygen atoms in total. The Morgan fingerprint density at radius 1 is 1.16 bits per heavy atom. The van der Waals surface area contributed by atoms with E-state index in [1.165, 1.54) is 18.9 Å². The number of benzene rings is 2. The molecule has 1 N–H and O–H groups in total. The predicted molar refractivity (Wildman–Crippen MR) is 126 cm³/mol. The number of aromatic nitrogens is 3. The highest BCUT2D eigenvalue weighted by Gasteiger charge is 2.17. The van der Waals surface area contributed by atoms with E-state index in [0.717, 1.165) is 11.3 Å². The lowest BCUT2D eigenvalue weighted by Crippen LogP contribution is -2.15. The van der Waals surface area contributed by atoms with Gasteiger partial charge in [-0.25, -0.2) is 0 Å². The monoisotopic (exact) mass is 488 g/mol. The lowest BCUT2D eigenvalue weighted by atomic mass is 10.2. The molecular formula is C22H18Cl2N4O3S. The first-order chi connectivity index (χ1) is 15.5. The number of ether oxygens (including phenoxy) is 1. The second kappa shape index (κ2) is 10.1. The number of thioether (sulfide) groups is 1. The first kappa shape index (κ1) is 22.3. The van der Waals surface area contributed by atoms with E-state index in [2.05, 4.69) is 15.5 Å². The first-order valence-electron chi connectivity index (χ1n) is 9.51. The third-order valence-corrected chi connectivity index (χ3v) is 5.96. The number of furan rings is 1. The number of hydrogen-bond acceptors (Lipinski definition) is 6. The standard InChI is InChI=1S/C22H18Cl2N4O3S/c1-30-19-8-7-16(11-18(19)24)25-20(29)13-32-22-27-26-21(14-4-2-5-15(23)10-14)28(22)12-17-6-3-9-31-17/h2-11H,12-13H2,1H3,(H,25,29). The SMILES string of the molecule is COc1ccc(NC(=O)CSc2nnc(-c3cccc(Cl)c3)n2Cc2ccco2)cc1Cl. The molecule has 0 aliphatic carbocycles. The smallest absolute Gasteiger partial charge is 0.234 e. The first-order valence-corrected chi connectivity index (χ1v) is 11.3. The minimum Gasteiger partial charge on any atom is -0.495 e. The van der Waals surface area contributed by atoms with Gasteiger partial charge in [0.15, 0.2) is 11.0 Å². The van der Waals surface area contributed by atoms with Gasteiger partial charge in [0.25, 0.3) is 0 Å². The maximum atomic E-state index is 12.5. The molecule has 0 unspecified atom stereocenters. The number of rotatable bonds is 8. The highest BCUT2D eigenvalue weighted by Crippen LogP contribution is 2.29. The van der Waals surface area contributed by atoms with E-state index in [1.54, 1.807) is 30.5 Å². The Kier molecular flexibility index (Phi) is 7.04. The van der Waals surface area contributed by atoms with Crippen LogP contribution in [0.3, 0.4) is 0 Å². The fourth-order valence-electron chi connectivity index (χ4n) is 3.01. The summed E-state index contributed by atoms with van der Waals surface area (Å²) in [7, 11) is 1.53. The lowest BCUT2D eigenvalue weighted by molar-refractivity contribution is -0.113. The molecule has 10 heteroatoms. The van der Waals surface area contributed by atoms with Crippen molar-refractivity contribution < 1.29 is 13.9 Å². The quantitative estimate of drug-likeness (QED) is 0.323. The summed E-state index contributed by atoms with van der Waals surface area (Å²) in [4.78, 5) is 12.5. The molecule has 32 heavy (non-hydrogen) atoms. The number of carbonyl (C=O) groups excluding carboxylic acids is 1. The van der Waals surface area contributed by atoms with Crippen LogP contribution in [0.4, 0.5) is 5.69 Å². The van der Waals surface area contributed by atoms with Crippen molar-refractivity contribution >= 4 is 46.6 Å². The third-order valence-electron chi connectivity index (χ3n) is 4.46. The van der Waals surface area contributed by atoms with E-state index in [-0.39, 0.29) is 11.7 Å². The molecule has 0 aliphatic heterocycles. The Bertz CT molecular complexity index is 1230. The summed E-state index contributed by atoms with van der Waals surface area (Å²) >= 11 is 13.6. The van der Waals surface area contributed by atoms with E-state index in [1.807, 2.05) is 34.9 Å². The van der Waals surface area contributed by atoms with Crippen LogP contribution < -0.4 is 10.1 Å². The number of halogens is 2. The zero-order chi connectivity index (χ0) is 22.5. The zero-order valence-corrected chi connectivity index (χ0v) is 19.2. The largest absolute Gasteiger partial charge is 0.495 e. The number of carbonyl (C=O) groups is 1. The Labute approximate surface area is 198 Å². The van der Waals surface area contributed by atoms with Crippen LogP contribution in [0.25, 0.3) is 11.4 Å². The van der Waals surface area contributed by atoms with Gasteiger partial charge in [0.05, 0.1) is 30.7 Å². The second-order valence-electron chi connectivity index (χ2n) is 6.67. The number of methoxy groups -OCH3 is 1. The molecule has 0 fully saturated rings. The molecule has 0 aliphatic rings. The van der Waals surface area contributed by atoms with Gasteiger partial charge >= 0.3 is 0 Å². The number of hydrogen-bond donors (Lipinski definition) is 1. The van der Waals surface area contributed by atoms with Crippen LogP contribution >= 0.6 is 35.0 Å². The van der Waals surface area contributed by atoms with E-state index < -0.39 is 0 Å². The molecule has 2 aromatic heterocycles. The van der Waals surface area contributed by atoms with Crippen LogP contribution in [0.15, 0.2) is 70.4 Å². The van der Waals surface area contributed by atoms with Crippen molar-refractivity contribution in [2.45, 2.75) is 11.7 Å². The fourth-order valence-corrected chi connectivity index (χ4v) is 4.19. The normalized spacial score (nSPS) is 10.8. The summed E-state index contributed by atoms with van der Waals surface area (Å²) in [5.41, 5.74) is 1.40. The highest BCUT2D eigenvalue weighted by molar-refractivity contribution is 7.99. The lowest BCUT2D eigenvalue weighted by Gasteiger charge is -2.10. The van der Waals surface area contributed by atoms with Crippen molar-refractivity contribution in [1.82, 2.24) is 14.8 Å². The van der Waals surface area contributed by atoms with Crippen LogP contribution in [0.2, 0.25) is 10.0 Å². The minimum atomic E-state index is -0.201. The topological polar surface area (TPSA) is 82.2 Å². The Morgan fingerprint density at radius 2 is 2.03 bits per heavy atom. The van der Waals surface area contributed by atoms with Gasteiger partial charge in [-0.2, -0.15) is 0 Å². The summed E-state index contributed by atoms with van der Waals surface area (Å²) in [5.74, 6) is 1.85. The summed E-state index contributed by atoms with van der Waals surface area (Å²) in [6, 6.07) is 16.1. The van der Waals surface area contributed by atoms with Gasteiger partial charge in [0.2, 0.25) is 5.91 Å². The summed E-state index contributed by atoms with van der Waals surface area (Å²) < 4.78 is 12.5. The van der Waals surface area contributed by atoms with E-state index in [4.69, 9.17) is 32.4 Å². The average Bonchev–Trinajstić information content (AvgIpc) is 3.43. The molecule has 0 saturated heterocycles. The van der Waals surface area contributed by atoms with Gasteiger partial charge in [-0.05, 0) is 42.5 Å². The third kappa shape index (κ3) is 5.27. The summed E-state index contributed by atoms with van der Waals surface area (Å²) in [6.07, 6.45) is 1.61. The maximum absolute atomic E-state index is 12.5. The molecule has 0 bridgehead atoms. The van der Waals surface area contributed by atoms with Crippen LogP contribution in [-0.2, 0) is 11.3 Å². The van der Waals surface area contributed by atoms with Gasteiger partial charge in [-0.15, -0.1) is 10.2 Å². The molecule has 0 spiro atoms. The van der Waals surface area contributed by atoms with Gasteiger partial charge in [0.1, 0.15) is 11.5 Å². The maximum Gasteiger partial charge on any atom is 0.234 e. The van der Waals surface area contributed by atoms with Crippen molar-refractivity contribution in [3.63, 3.8) is 0 Å². The van der Waals surface area contributed by atoms with Gasteiger partial charge < -0.3 is 14.5 Å². The van der Waals surface area contributed by atoms with Gasteiger partial charge in [0, 0.05) is 16.3 Å². The molecule has 4 rings (SSSR count). The van der Waals surface area contributed by atoms with Gasteiger partial charge in [-0.3, -0.25) is 9.36 Å². The molecule has 2 aromatic carbocycles. The van der Waals surface area contributed by atoms with Crippen LogP contribution in [-0.4, -0.2) is 33.5 Å². The number of amides is 1. The Balaban J connectivity index is 1.51. The molecule has 0 saturated carbocycles. The molecule has 164 valence electrons. The number of nitrogens with one attached hydrogen (secondary N) is 1. The number of anilines is 1. The van der Waals surface area contributed by atoms with Crippen molar-refractivity contribution in [2.75, 3.05) is 18.2 Å². The predicted octanol–water partition coefficient (Wildman–Crippen LogP) is 5.63. The van der Waals surface area contributed by atoms with Crippen LogP contribution in [0.1, 0.15) is 5.76 Å². The van der Waals surface area contributed by atoms with Crippen molar-refractivity contribution in [1.29, 1.82) is 0 Å². The Morgan fingerprint density at radius 3 is 2.75 bits per heavy atom. The fraction of sp³-hybridized carbons (Fsp3) is 0.136. The average molecular weight is 489 g/mol. The zero-order valence-electron chi connectivity index (χ0n) is 16.9. The summed E-state index contributed by atoms with van der Waals surface area (Å²) in [5, 5.41) is 13.0. The van der Waals surface area contributed by atoms with Gasteiger partial charge in [-0.1, -0.05) is 47.1 Å². The Hall–Kier alpha value is -2.94. The molecule has 0 radical (unpaired) electrons. The van der Waals surface area contributed by atoms with Crippen molar-refractivity contribution in [3.05, 3.63) is 76.7 Å². The molecule has 2 heterocycles. The summed E-state index contributed by atoms with van der Waals surface area (Å²) in [6.45, 7) is 0.417. The van der Waals surface area contributed by atoms with Crippen LogP contribution in [0.5, 0.6) is 5.75 Å².